The molecule has 0 N–H and O–H groups in total. The van der Waals surface area contributed by atoms with E-state index in [1.165, 1.54) is 17.0 Å². The zero-order valence-corrected chi connectivity index (χ0v) is 15.7. The molecular weight excluding hydrogens is 375 g/mol. The van der Waals surface area contributed by atoms with E-state index in [-0.39, 0.29) is 11.5 Å². The van der Waals surface area contributed by atoms with E-state index in [1.807, 2.05) is 6.92 Å². The number of ether oxygens (including phenoxy) is 1. The van der Waals surface area contributed by atoms with Gasteiger partial charge in [-0.25, -0.2) is 0 Å². The standard InChI is InChI=1S/C19H24F3N3O3/c1-2-23-6-7-25(16(13-23)18(27)24-8-10-28-11-9-24)17(26)14-4-3-5-15(12-14)19(20,21)22/h3-5,12,16H,2,6-11,13H2,1H3. The number of hydrogen-bond donors (Lipinski definition) is 0. The van der Waals surface area contributed by atoms with Crippen molar-refractivity contribution in [3.63, 3.8) is 0 Å². The van der Waals surface area contributed by atoms with Gasteiger partial charge in [-0.1, -0.05) is 13.0 Å². The van der Waals surface area contributed by atoms with Crippen LogP contribution in [0.2, 0.25) is 0 Å². The first kappa shape index (κ1) is 20.6. The molecule has 0 aromatic heterocycles. The van der Waals surface area contributed by atoms with E-state index in [1.54, 1.807) is 4.90 Å². The molecule has 2 aliphatic heterocycles. The van der Waals surface area contributed by atoms with Gasteiger partial charge in [0.15, 0.2) is 0 Å². The van der Waals surface area contributed by atoms with E-state index < -0.39 is 23.7 Å². The maximum atomic E-state index is 13.1. The molecule has 28 heavy (non-hydrogen) atoms. The van der Waals surface area contributed by atoms with Gasteiger partial charge in [0.25, 0.3) is 5.91 Å². The second-order valence-electron chi connectivity index (χ2n) is 6.92. The fourth-order valence-electron chi connectivity index (χ4n) is 3.57. The van der Waals surface area contributed by atoms with E-state index in [0.29, 0.717) is 45.9 Å². The fourth-order valence-corrected chi connectivity index (χ4v) is 3.57. The van der Waals surface area contributed by atoms with E-state index in [4.69, 9.17) is 4.74 Å². The Morgan fingerprint density at radius 2 is 1.86 bits per heavy atom. The molecule has 0 saturated carbocycles. The third-order valence-electron chi connectivity index (χ3n) is 5.22. The highest BCUT2D eigenvalue weighted by molar-refractivity contribution is 5.98. The molecule has 154 valence electrons. The highest BCUT2D eigenvalue weighted by Crippen LogP contribution is 2.30. The van der Waals surface area contributed by atoms with Crippen LogP contribution in [-0.4, -0.2) is 85.0 Å². The number of carbonyl (C=O) groups excluding carboxylic acids is 2. The summed E-state index contributed by atoms with van der Waals surface area (Å²) < 4.78 is 44.3. The van der Waals surface area contributed by atoms with Gasteiger partial charge in [-0.3, -0.25) is 14.5 Å². The largest absolute Gasteiger partial charge is 0.416 e. The summed E-state index contributed by atoms with van der Waals surface area (Å²) in [5, 5.41) is 0. The second-order valence-corrected chi connectivity index (χ2v) is 6.92. The minimum Gasteiger partial charge on any atom is -0.378 e. The number of amides is 2. The predicted octanol–water partition coefficient (Wildman–Crippen LogP) is 1.71. The molecule has 1 aromatic rings. The first-order chi connectivity index (χ1) is 13.3. The van der Waals surface area contributed by atoms with Gasteiger partial charge >= 0.3 is 6.18 Å². The number of likely N-dealkylation sites (N-methyl/N-ethyl adjacent to an activating group) is 1. The predicted molar refractivity (Wildman–Crippen MR) is 95.8 cm³/mol. The number of carbonyl (C=O) groups is 2. The van der Waals surface area contributed by atoms with Gasteiger partial charge < -0.3 is 14.5 Å². The Balaban J connectivity index is 1.84. The molecular formula is C19H24F3N3O3. The molecule has 3 rings (SSSR count). The molecule has 2 fully saturated rings. The zero-order valence-electron chi connectivity index (χ0n) is 15.7. The molecule has 6 nitrogen and oxygen atoms in total. The Morgan fingerprint density at radius 3 is 2.50 bits per heavy atom. The van der Waals surface area contributed by atoms with Crippen LogP contribution < -0.4 is 0 Å². The molecule has 0 aliphatic carbocycles. The first-order valence-corrected chi connectivity index (χ1v) is 9.38. The van der Waals surface area contributed by atoms with Crippen LogP contribution in [-0.2, 0) is 15.7 Å². The lowest BCUT2D eigenvalue weighted by molar-refractivity contribution is -0.142. The smallest absolute Gasteiger partial charge is 0.378 e. The molecule has 2 aliphatic rings. The van der Waals surface area contributed by atoms with E-state index in [0.717, 1.165) is 18.7 Å². The van der Waals surface area contributed by atoms with Gasteiger partial charge in [0.2, 0.25) is 5.91 Å². The van der Waals surface area contributed by atoms with Crippen molar-refractivity contribution < 1.29 is 27.5 Å². The van der Waals surface area contributed by atoms with Gasteiger partial charge in [0.05, 0.1) is 18.8 Å². The monoisotopic (exact) mass is 399 g/mol. The fraction of sp³-hybridized carbons (Fsp3) is 0.579. The number of alkyl halides is 3. The van der Waals surface area contributed by atoms with Gasteiger partial charge in [0.1, 0.15) is 6.04 Å². The van der Waals surface area contributed by atoms with Crippen LogP contribution in [0.5, 0.6) is 0 Å². The third-order valence-corrected chi connectivity index (χ3v) is 5.22. The number of halogens is 3. The van der Waals surface area contributed by atoms with Crippen LogP contribution >= 0.6 is 0 Å². The van der Waals surface area contributed by atoms with Gasteiger partial charge in [0, 0.05) is 38.3 Å². The molecule has 9 heteroatoms. The van der Waals surface area contributed by atoms with Crippen LogP contribution in [0.4, 0.5) is 13.2 Å². The lowest BCUT2D eigenvalue weighted by Gasteiger charge is -2.42. The maximum absolute atomic E-state index is 13.1. The van der Waals surface area contributed by atoms with Gasteiger partial charge in [-0.05, 0) is 24.7 Å². The Bertz CT molecular complexity index is 720. The number of rotatable bonds is 3. The molecule has 2 saturated heterocycles. The number of nitrogens with zero attached hydrogens (tertiary/aromatic N) is 3. The summed E-state index contributed by atoms with van der Waals surface area (Å²) in [5.74, 6) is -0.727. The summed E-state index contributed by atoms with van der Waals surface area (Å²) >= 11 is 0. The summed E-state index contributed by atoms with van der Waals surface area (Å²) in [6, 6.07) is 3.65. The minimum absolute atomic E-state index is 0.0560. The highest BCUT2D eigenvalue weighted by atomic mass is 19.4. The number of morpholine rings is 1. The van der Waals surface area contributed by atoms with Crippen molar-refractivity contribution in [2.24, 2.45) is 0 Å². The van der Waals surface area contributed by atoms with E-state index in [2.05, 4.69) is 4.90 Å². The van der Waals surface area contributed by atoms with Crippen molar-refractivity contribution in [2.75, 3.05) is 52.5 Å². The van der Waals surface area contributed by atoms with Gasteiger partial charge in [-0.15, -0.1) is 0 Å². The Hall–Kier alpha value is -2.13. The molecule has 1 aromatic carbocycles. The zero-order chi connectivity index (χ0) is 20.3. The van der Waals surface area contributed by atoms with Crippen molar-refractivity contribution in [2.45, 2.75) is 19.1 Å². The van der Waals surface area contributed by atoms with Crippen molar-refractivity contribution in [1.29, 1.82) is 0 Å². The molecule has 1 atom stereocenters. The van der Waals surface area contributed by atoms with Crippen LogP contribution in [0.15, 0.2) is 24.3 Å². The summed E-state index contributed by atoms with van der Waals surface area (Å²) in [6.07, 6.45) is -4.53. The topological polar surface area (TPSA) is 53.1 Å². The number of hydrogen-bond acceptors (Lipinski definition) is 4. The number of benzene rings is 1. The summed E-state index contributed by atoms with van der Waals surface area (Å²) in [7, 11) is 0. The van der Waals surface area contributed by atoms with Crippen molar-refractivity contribution in [3.8, 4) is 0 Å². The van der Waals surface area contributed by atoms with Crippen molar-refractivity contribution in [1.82, 2.24) is 14.7 Å². The maximum Gasteiger partial charge on any atom is 0.416 e. The van der Waals surface area contributed by atoms with Crippen molar-refractivity contribution >= 4 is 11.8 Å². The normalized spacial score (nSPS) is 21.6. The summed E-state index contributed by atoms with van der Waals surface area (Å²) in [6.45, 7) is 5.74. The Labute approximate surface area is 161 Å². The van der Waals surface area contributed by atoms with Crippen LogP contribution in [0.3, 0.4) is 0 Å². The minimum atomic E-state index is -4.53. The first-order valence-electron chi connectivity index (χ1n) is 9.38. The van der Waals surface area contributed by atoms with Crippen molar-refractivity contribution in [3.05, 3.63) is 35.4 Å². The molecule has 0 bridgehead atoms. The number of piperazine rings is 1. The molecule has 2 amide bonds. The Morgan fingerprint density at radius 1 is 1.14 bits per heavy atom. The van der Waals surface area contributed by atoms with Crippen LogP contribution in [0.1, 0.15) is 22.8 Å². The van der Waals surface area contributed by atoms with E-state index in [9.17, 15) is 22.8 Å². The quantitative estimate of drug-likeness (QED) is 0.777. The SMILES string of the molecule is CCN1CCN(C(=O)c2cccc(C(F)(F)F)c2)C(C(=O)N2CCOCC2)C1. The highest BCUT2D eigenvalue weighted by Gasteiger charge is 2.38. The molecule has 2 heterocycles. The second kappa shape index (κ2) is 8.48. The Kier molecular flexibility index (Phi) is 6.24. The average molecular weight is 399 g/mol. The summed E-state index contributed by atoms with van der Waals surface area (Å²) in [4.78, 5) is 31.2. The van der Waals surface area contributed by atoms with Crippen LogP contribution in [0.25, 0.3) is 0 Å². The molecule has 1 unspecified atom stereocenters. The lowest BCUT2D eigenvalue weighted by atomic mass is 10.1. The lowest BCUT2D eigenvalue weighted by Crippen LogP contribution is -2.62. The van der Waals surface area contributed by atoms with E-state index >= 15 is 0 Å². The summed E-state index contributed by atoms with van der Waals surface area (Å²) in [5.41, 5.74) is -0.929. The average Bonchev–Trinajstić information content (AvgIpc) is 2.72. The third kappa shape index (κ3) is 4.47. The molecule has 0 radical (unpaired) electrons. The molecule has 0 spiro atoms. The van der Waals surface area contributed by atoms with Gasteiger partial charge in [-0.2, -0.15) is 13.2 Å². The van der Waals surface area contributed by atoms with Crippen LogP contribution in [0, 0.1) is 0 Å².